The number of hydrogen-bond donors (Lipinski definition) is 3. The summed E-state index contributed by atoms with van der Waals surface area (Å²) in [6.07, 6.45) is 2.96. The first-order valence-electron chi connectivity index (χ1n) is 11.7. The van der Waals surface area contributed by atoms with Gasteiger partial charge in [0.1, 0.15) is 17.7 Å². The molecule has 0 aliphatic carbocycles. The van der Waals surface area contributed by atoms with Crippen LogP contribution < -0.4 is 20.1 Å². The number of ether oxygens (including phenoxy) is 2. The topological polar surface area (TPSA) is 116 Å². The number of nitrogens with two attached hydrogens (primary N) is 1. The highest BCUT2D eigenvalue weighted by molar-refractivity contribution is 5.97. The summed E-state index contributed by atoms with van der Waals surface area (Å²) >= 11 is 0. The van der Waals surface area contributed by atoms with Crippen LogP contribution in [0.3, 0.4) is 0 Å². The number of likely N-dealkylation sites (N-methyl/N-ethyl adjacent to an activating group) is 1. The van der Waals surface area contributed by atoms with Gasteiger partial charge in [-0.3, -0.25) is 10.8 Å². The number of anilines is 1. The highest BCUT2D eigenvalue weighted by Crippen LogP contribution is 2.31. The molecule has 34 heavy (non-hydrogen) atoms. The number of likely N-dealkylation sites (tertiary alicyclic amines) is 1. The van der Waals surface area contributed by atoms with Crippen molar-refractivity contribution in [2.24, 2.45) is 11.7 Å². The molecule has 0 saturated carbocycles. The number of carbonyl (C=O) groups excluding carboxylic acids is 1. The summed E-state index contributed by atoms with van der Waals surface area (Å²) in [6, 6.07) is 12.0. The Morgan fingerprint density at radius 1 is 1.12 bits per heavy atom. The van der Waals surface area contributed by atoms with Crippen molar-refractivity contribution in [3.63, 3.8) is 0 Å². The molecule has 1 saturated heterocycles. The third-order valence-electron chi connectivity index (χ3n) is 6.48. The number of rotatable bonds is 9. The molecule has 2 atom stereocenters. The fraction of sp³-hybridized carbons (Fsp3) is 0.423. The predicted octanol–water partition coefficient (Wildman–Crippen LogP) is 3.86. The molecule has 0 radical (unpaired) electrons. The van der Waals surface area contributed by atoms with E-state index in [1.807, 2.05) is 42.8 Å². The molecule has 182 valence electrons. The van der Waals surface area contributed by atoms with Crippen LogP contribution in [0, 0.1) is 16.7 Å². The van der Waals surface area contributed by atoms with Crippen LogP contribution in [0.25, 0.3) is 0 Å². The monoisotopic (exact) mass is 465 g/mol. The van der Waals surface area contributed by atoms with Crippen LogP contribution in [0.15, 0.2) is 42.5 Å². The largest absolute Gasteiger partial charge is 0.493 e. The van der Waals surface area contributed by atoms with Gasteiger partial charge >= 0.3 is 5.97 Å². The van der Waals surface area contributed by atoms with E-state index in [0.717, 1.165) is 43.6 Å². The van der Waals surface area contributed by atoms with Crippen LogP contribution in [-0.4, -0.2) is 55.8 Å². The van der Waals surface area contributed by atoms with Gasteiger partial charge in [-0.2, -0.15) is 0 Å². The lowest BCUT2D eigenvalue weighted by Gasteiger charge is -2.32. The van der Waals surface area contributed by atoms with Crippen LogP contribution in [0.2, 0.25) is 0 Å². The van der Waals surface area contributed by atoms with Gasteiger partial charge in [0.2, 0.25) is 0 Å². The summed E-state index contributed by atoms with van der Waals surface area (Å²) in [4.78, 5) is 17.3. The number of carbonyl (C=O) groups is 1. The second-order valence-electron chi connectivity index (χ2n) is 8.73. The molecule has 2 aromatic rings. The number of hydrogen-bond acceptors (Lipinski definition) is 6. The van der Waals surface area contributed by atoms with Gasteiger partial charge in [-0.25, -0.2) is 4.79 Å². The first-order chi connectivity index (χ1) is 16.3. The quantitative estimate of drug-likeness (QED) is 0.224. The predicted molar refractivity (Wildman–Crippen MR) is 135 cm³/mol. The number of nitrogen functional groups attached to an aromatic ring is 1. The van der Waals surface area contributed by atoms with Crippen LogP contribution in [-0.2, 0) is 4.79 Å². The molecule has 1 heterocycles. The van der Waals surface area contributed by atoms with Crippen molar-refractivity contribution in [3.05, 3.63) is 53.6 Å². The molecular formula is C26H35N5O3. The Bertz CT molecular complexity index is 1050. The van der Waals surface area contributed by atoms with E-state index >= 15 is 0 Å². The minimum Gasteiger partial charge on any atom is -0.493 e. The van der Waals surface area contributed by atoms with Crippen molar-refractivity contribution in [1.29, 1.82) is 10.8 Å². The van der Waals surface area contributed by atoms with Crippen LogP contribution in [0.1, 0.15) is 44.2 Å². The van der Waals surface area contributed by atoms with Gasteiger partial charge in [0.25, 0.3) is 0 Å². The summed E-state index contributed by atoms with van der Waals surface area (Å²) in [5, 5.41) is 16.2. The molecule has 1 fully saturated rings. The molecule has 4 N–H and O–H groups in total. The number of nitrogens with zero attached hydrogens (tertiary/aromatic N) is 2. The minimum absolute atomic E-state index is 0.00657. The number of amidine groups is 2. The average molecular weight is 466 g/mol. The van der Waals surface area contributed by atoms with E-state index < -0.39 is 12.0 Å². The normalized spacial score (nSPS) is 14.9. The maximum absolute atomic E-state index is 13.4. The Balaban J connectivity index is 1.84. The summed E-state index contributed by atoms with van der Waals surface area (Å²) < 4.78 is 11.4. The van der Waals surface area contributed by atoms with E-state index in [2.05, 4.69) is 0 Å². The molecule has 0 aromatic heterocycles. The van der Waals surface area contributed by atoms with Gasteiger partial charge in [-0.05, 0) is 49.1 Å². The second-order valence-corrected chi connectivity index (χ2v) is 8.73. The first kappa shape index (κ1) is 25.1. The lowest BCUT2D eigenvalue weighted by molar-refractivity contribution is -0.137. The van der Waals surface area contributed by atoms with Crippen molar-refractivity contribution < 1.29 is 14.3 Å². The van der Waals surface area contributed by atoms with E-state index in [4.69, 9.17) is 26.0 Å². The molecule has 2 aromatic carbocycles. The maximum atomic E-state index is 13.4. The van der Waals surface area contributed by atoms with E-state index in [1.165, 1.54) is 7.11 Å². The molecule has 0 spiro atoms. The molecule has 0 bridgehead atoms. The Morgan fingerprint density at radius 2 is 1.82 bits per heavy atom. The lowest BCUT2D eigenvalue weighted by atomic mass is 9.97. The third-order valence-corrected chi connectivity index (χ3v) is 6.48. The van der Waals surface area contributed by atoms with E-state index in [0.29, 0.717) is 22.9 Å². The number of benzene rings is 2. The SMILES string of the molecule is CCC(C)[C@@H](C(=O)Oc1ccc(C(=N)N2CCCC2)cc1OC)N(C)c1cccc(C(=N)N)c1. The summed E-state index contributed by atoms with van der Waals surface area (Å²) in [5.74, 6) is 0.778. The van der Waals surface area contributed by atoms with Gasteiger partial charge in [-0.1, -0.05) is 32.4 Å². The minimum atomic E-state index is -0.556. The zero-order chi connectivity index (χ0) is 24.8. The average Bonchev–Trinajstić information content (AvgIpc) is 3.38. The highest BCUT2D eigenvalue weighted by atomic mass is 16.6. The van der Waals surface area contributed by atoms with Crippen LogP contribution >= 0.6 is 0 Å². The van der Waals surface area contributed by atoms with Crippen molar-refractivity contribution in [2.75, 3.05) is 32.1 Å². The summed E-state index contributed by atoms with van der Waals surface area (Å²) in [7, 11) is 3.37. The van der Waals surface area contributed by atoms with Gasteiger partial charge in [0, 0.05) is 37.0 Å². The van der Waals surface area contributed by atoms with Gasteiger partial charge in [0.15, 0.2) is 11.5 Å². The van der Waals surface area contributed by atoms with E-state index in [1.54, 1.807) is 30.3 Å². The molecule has 1 unspecified atom stereocenters. The van der Waals surface area contributed by atoms with Gasteiger partial charge in [0.05, 0.1) is 7.11 Å². The number of esters is 1. The van der Waals surface area contributed by atoms with Crippen LogP contribution in [0.5, 0.6) is 11.5 Å². The Labute approximate surface area is 201 Å². The fourth-order valence-corrected chi connectivity index (χ4v) is 4.24. The first-order valence-corrected chi connectivity index (χ1v) is 11.7. The Morgan fingerprint density at radius 3 is 2.44 bits per heavy atom. The van der Waals surface area contributed by atoms with Crippen molar-refractivity contribution in [3.8, 4) is 11.5 Å². The second kappa shape index (κ2) is 11.0. The van der Waals surface area contributed by atoms with Crippen molar-refractivity contribution >= 4 is 23.3 Å². The molecule has 8 heteroatoms. The van der Waals surface area contributed by atoms with Gasteiger partial charge in [-0.15, -0.1) is 0 Å². The molecular weight excluding hydrogens is 430 g/mol. The van der Waals surface area contributed by atoms with Crippen molar-refractivity contribution in [2.45, 2.75) is 39.2 Å². The number of nitrogens with one attached hydrogen (secondary N) is 2. The summed E-state index contributed by atoms with van der Waals surface area (Å²) in [5.41, 5.74) is 7.75. The fourth-order valence-electron chi connectivity index (χ4n) is 4.24. The zero-order valence-electron chi connectivity index (χ0n) is 20.4. The molecule has 1 aliphatic rings. The van der Waals surface area contributed by atoms with Gasteiger partial charge < -0.3 is 25.0 Å². The Hall–Kier alpha value is -3.55. The molecule has 1 aliphatic heterocycles. The highest BCUT2D eigenvalue weighted by Gasteiger charge is 2.31. The van der Waals surface area contributed by atoms with E-state index in [9.17, 15) is 4.79 Å². The van der Waals surface area contributed by atoms with Crippen LogP contribution in [0.4, 0.5) is 5.69 Å². The smallest absolute Gasteiger partial charge is 0.334 e. The standard InChI is InChI=1S/C26H35N5O3/c1-5-17(2)23(30(3)20-10-8-9-18(15-20)24(27)28)26(32)34-21-12-11-19(16-22(21)33-4)25(29)31-13-6-7-14-31/h8-12,15-17,23,29H,5-7,13-14H2,1-4H3,(H3,27,28)/t17?,23-/m0/s1. The Kier molecular flexibility index (Phi) is 8.15. The summed E-state index contributed by atoms with van der Waals surface area (Å²) in [6.45, 7) is 5.80. The third kappa shape index (κ3) is 5.50. The lowest BCUT2D eigenvalue weighted by Crippen LogP contribution is -2.45. The molecule has 0 amide bonds. The molecule has 8 nitrogen and oxygen atoms in total. The molecule has 3 rings (SSSR count). The van der Waals surface area contributed by atoms with E-state index in [-0.39, 0.29) is 11.8 Å². The maximum Gasteiger partial charge on any atom is 0.334 e. The number of methoxy groups -OCH3 is 1. The zero-order valence-corrected chi connectivity index (χ0v) is 20.4. The van der Waals surface area contributed by atoms with Crippen molar-refractivity contribution in [1.82, 2.24) is 4.90 Å².